The van der Waals surface area contributed by atoms with Gasteiger partial charge in [-0.15, -0.1) is 0 Å². The summed E-state index contributed by atoms with van der Waals surface area (Å²) in [6.07, 6.45) is 0. The lowest BCUT2D eigenvalue weighted by atomic mass is 10.1. The number of hydrogen-bond donors (Lipinski definition) is 1. The molecule has 1 heterocycles. The van der Waals surface area contributed by atoms with E-state index in [1.165, 1.54) is 5.69 Å². The fourth-order valence-electron chi connectivity index (χ4n) is 2.18. The van der Waals surface area contributed by atoms with Crippen molar-refractivity contribution in [3.63, 3.8) is 0 Å². The van der Waals surface area contributed by atoms with Gasteiger partial charge in [-0.3, -0.25) is 0 Å². The highest BCUT2D eigenvalue weighted by Crippen LogP contribution is 2.25. The molecule has 1 fully saturated rings. The predicted octanol–water partition coefficient (Wildman–Crippen LogP) is 2.05. The van der Waals surface area contributed by atoms with Crippen LogP contribution in [0.2, 0.25) is 0 Å². The van der Waals surface area contributed by atoms with Crippen molar-refractivity contribution < 1.29 is 0 Å². The van der Waals surface area contributed by atoms with Crippen LogP contribution in [0.25, 0.3) is 0 Å². The summed E-state index contributed by atoms with van der Waals surface area (Å²) in [4.78, 5) is 4.84. The second kappa shape index (κ2) is 5.38. The van der Waals surface area contributed by atoms with Gasteiger partial charge in [0.1, 0.15) is 0 Å². The van der Waals surface area contributed by atoms with Crippen LogP contribution in [0.5, 0.6) is 0 Å². The van der Waals surface area contributed by atoms with Crippen LogP contribution in [0.15, 0.2) is 22.7 Å². The van der Waals surface area contributed by atoms with Crippen molar-refractivity contribution in [1.29, 1.82) is 0 Å². The molecule has 2 rings (SSSR count). The van der Waals surface area contributed by atoms with E-state index in [0.29, 0.717) is 12.6 Å². The van der Waals surface area contributed by atoms with Gasteiger partial charge in [-0.25, -0.2) is 0 Å². The minimum absolute atomic E-state index is 0.583. The Hall–Kier alpha value is -0.580. The highest BCUT2D eigenvalue weighted by atomic mass is 79.9. The van der Waals surface area contributed by atoms with Crippen molar-refractivity contribution in [1.82, 2.24) is 4.90 Å². The second-order valence-electron chi connectivity index (χ2n) is 4.76. The van der Waals surface area contributed by atoms with Crippen molar-refractivity contribution >= 4 is 21.6 Å². The number of likely N-dealkylation sites (N-methyl/N-ethyl adjacent to an activating group) is 1. The monoisotopic (exact) mass is 297 g/mol. The van der Waals surface area contributed by atoms with Crippen molar-refractivity contribution in [2.45, 2.75) is 19.5 Å². The van der Waals surface area contributed by atoms with E-state index in [1.54, 1.807) is 0 Å². The zero-order valence-corrected chi connectivity index (χ0v) is 12.1. The molecule has 1 saturated heterocycles. The van der Waals surface area contributed by atoms with Crippen LogP contribution in [0.4, 0.5) is 5.69 Å². The third-order valence-corrected chi connectivity index (χ3v) is 4.32. The lowest BCUT2D eigenvalue weighted by molar-refractivity contribution is 0.234. The molecule has 0 amide bonds. The summed E-state index contributed by atoms with van der Waals surface area (Å²) in [6.45, 7) is 6.16. The van der Waals surface area contributed by atoms with Crippen molar-refractivity contribution in [2.75, 3.05) is 31.6 Å². The van der Waals surface area contributed by atoms with Crippen LogP contribution in [0.1, 0.15) is 12.5 Å². The molecule has 0 bridgehead atoms. The van der Waals surface area contributed by atoms with Crippen molar-refractivity contribution in [2.24, 2.45) is 5.73 Å². The summed E-state index contributed by atoms with van der Waals surface area (Å²) >= 11 is 3.58. The number of nitrogens with two attached hydrogens (primary N) is 1. The van der Waals surface area contributed by atoms with Crippen LogP contribution in [0.3, 0.4) is 0 Å². The van der Waals surface area contributed by atoms with E-state index in [0.717, 1.165) is 29.7 Å². The minimum Gasteiger partial charge on any atom is -0.369 e. The van der Waals surface area contributed by atoms with Gasteiger partial charge in [0.15, 0.2) is 0 Å². The Kier molecular flexibility index (Phi) is 4.07. The Bertz CT molecular complexity index is 394. The quantitative estimate of drug-likeness (QED) is 0.907. The first-order chi connectivity index (χ1) is 8.11. The fourth-order valence-corrected chi connectivity index (χ4v) is 2.71. The van der Waals surface area contributed by atoms with Crippen LogP contribution < -0.4 is 10.6 Å². The summed E-state index contributed by atoms with van der Waals surface area (Å²) in [5, 5.41) is 0. The Morgan fingerprint density at radius 3 is 2.76 bits per heavy atom. The van der Waals surface area contributed by atoms with Gasteiger partial charge in [0.25, 0.3) is 0 Å². The van der Waals surface area contributed by atoms with Gasteiger partial charge in [-0.1, -0.05) is 22.0 Å². The van der Waals surface area contributed by atoms with Gasteiger partial charge in [0.05, 0.1) is 0 Å². The third kappa shape index (κ3) is 2.81. The minimum atomic E-state index is 0.583. The van der Waals surface area contributed by atoms with Gasteiger partial charge in [0, 0.05) is 42.4 Å². The van der Waals surface area contributed by atoms with Gasteiger partial charge in [-0.2, -0.15) is 0 Å². The molecule has 1 aromatic rings. The second-order valence-corrected chi connectivity index (χ2v) is 5.61. The summed E-state index contributed by atoms with van der Waals surface area (Å²) < 4.78 is 1.11. The molecule has 1 aliphatic heterocycles. The molecule has 2 N–H and O–H groups in total. The zero-order chi connectivity index (χ0) is 12.4. The Morgan fingerprint density at radius 1 is 1.41 bits per heavy atom. The Balaban J connectivity index is 2.15. The molecule has 0 aromatic heterocycles. The molecule has 1 atom stereocenters. The molecule has 0 radical (unpaired) electrons. The first kappa shape index (κ1) is 12.9. The molecule has 1 aliphatic rings. The number of rotatable bonds is 2. The van der Waals surface area contributed by atoms with Gasteiger partial charge in [0.2, 0.25) is 0 Å². The summed E-state index contributed by atoms with van der Waals surface area (Å²) in [5.41, 5.74) is 8.12. The molecule has 3 nitrogen and oxygen atoms in total. The number of hydrogen-bond acceptors (Lipinski definition) is 3. The molecular formula is C13H20BrN3. The molecule has 0 aliphatic carbocycles. The van der Waals surface area contributed by atoms with E-state index in [4.69, 9.17) is 5.73 Å². The number of halogens is 1. The van der Waals surface area contributed by atoms with E-state index in [1.807, 2.05) is 0 Å². The summed E-state index contributed by atoms with van der Waals surface area (Å²) in [7, 11) is 2.19. The summed E-state index contributed by atoms with van der Waals surface area (Å²) in [5.74, 6) is 0. The SMILES string of the molecule is CC1CN(c2ccc(CN)c(Br)c2)CCN1C. The van der Waals surface area contributed by atoms with Crippen LogP contribution in [-0.2, 0) is 6.54 Å². The number of benzene rings is 1. The maximum Gasteiger partial charge on any atom is 0.0378 e. The summed E-state index contributed by atoms with van der Waals surface area (Å²) in [6, 6.07) is 7.07. The van der Waals surface area contributed by atoms with E-state index >= 15 is 0 Å². The van der Waals surface area contributed by atoms with Crippen molar-refractivity contribution in [3.8, 4) is 0 Å². The van der Waals surface area contributed by atoms with E-state index in [9.17, 15) is 0 Å². The van der Waals surface area contributed by atoms with E-state index < -0.39 is 0 Å². The molecule has 4 heteroatoms. The average molecular weight is 298 g/mol. The highest BCUT2D eigenvalue weighted by Gasteiger charge is 2.20. The lowest BCUT2D eigenvalue weighted by Crippen LogP contribution is -2.50. The lowest BCUT2D eigenvalue weighted by Gasteiger charge is -2.39. The zero-order valence-electron chi connectivity index (χ0n) is 10.5. The standard InChI is InChI=1S/C13H20BrN3/c1-10-9-17(6-5-16(10)2)12-4-3-11(8-15)13(14)7-12/h3-4,7,10H,5-6,8-9,15H2,1-2H3. The normalized spacial score (nSPS) is 21.9. The smallest absolute Gasteiger partial charge is 0.0378 e. The maximum absolute atomic E-state index is 5.67. The largest absolute Gasteiger partial charge is 0.369 e. The van der Waals surface area contributed by atoms with Gasteiger partial charge in [-0.05, 0) is 31.7 Å². The van der Waals surface area contributed by atoms with Crippen LogP contribution in [-0.4, -0.2) is 37.6 Å². The topological polar surface area (TPSA) is 32.5 Å². The van der Waals surface area contributed by atoms with Crippen molar-refractivity contribution in [3.05, 3.63) is 28.2 Å². The molecule has 94 valence electrons. The first-order valence-corrected chi connectivity index (χ1v) is 6.85. The predicted molar refractivity (Wildman–Crippen MR) is 76.3 cm³/mol. The average Bonchev–Trinajstić information content (AvgIpc) is 2.32. The Morgan fingerprint density at radius 2 is 2.18 bits per heavy atom. The molecule has 0 saturated carbocycles. The fraction of sp³-hybridized carbons (Fsp3) is 0.538. The molecule has 0 spiro atoms. The van der Waals surface area contributed by atoms with Crippen LogP contribution >= 0.6 is 15.9 Å². The molecule has 1 unspecified atom stereocenters. The molecule has 1 aromatic carbocycles. The van der Waals surface area contributed by atoms with Gasteiger partial charge < -0.3 is 15.5 Å². The Labute approximate surface area is 112 Å². The van der Waals surface area contributed by atoms with E-state index in [-0.39, 0.29) is 0 Å². The van der Waals surface area contributed by atoms with Gasteiger partial charge >= 0.3 is 0 Å². The first-order valence-electron chi connectivity index (χ1n) is 6.05. The molecular weight excluding hydrogens is 278 g/mol. The maximum atomic E-state index is 5.67. The molecule has 17 heavy (non-hydrogen) atoms. The highest BCUT2D eigenvalue weighted by molar-refractivity contribution is 9.10. The third-order valence-electron chi connectivity index (χ3n) is 3.58. The number of piperazine rings is 1. The number of anilines is 1. The number of nitrogens with zero attached hydrogens (tertiary/aromatic N) is 2. The van der Waals surface area contributed by atoms with E-state index in [2.05, 4.69) is 57.9 Å². The van der Waals surface area contributed by atoms with Crippen LogP contribution in [0, 0.1) is 0 Å².